The molecule has 1 fully saturated rings. The quantitative estimate of drug-likeness (QED) is 0.713. The monoisotopic (exact) mass is 195 g/mol. The summed E-state index contributed by atoms with van der Waals surface area (Å²) in [7, 11) is 3.87. The van der Waals surface area contributed by atoms with Crippen LogP contribution in [0.15, 0.2) is 0 Å². The molecule has 1 saturated heterocycles. The zero-order valence-electron chi connectivity index (χ0n) is 8.75. The van der Waals surface area contributed by atoms with Gasteiger partial charge in [0.2, 0.25) is 5.95 Å². The Kier molecular flexibility index (Phi) is 2.67. The summed E-state index contributed by atoms with van der Waals surface area (Å²) in [5, 5.41) is 14.6. The van der Waals surface area contributed by atoms with E-state index in [4.69, 9.17) is 0 Å². The van der Waals surface area contributed by atoms with Gasteiger partial charge in [0.05, 0.1) is 0 Å². The summed E-state index contributed by atoms with van der Waals surface area (Å²) in [6.07, 6.45) is 2.28. The van der Waals surface area contributed by atoms with Crippen molar-refractivity contribution in [2.75, 3.05) is 25.5 Å². The first-order valence-electron chi connectivity index (χ1n) is 5.08. The summed E-state index contributed by atoms with van der Waals surface area (Å²) in [6.45, 7) is 2.25. The Morgan fingerprint density at radius 2 is 2.43 bits per heavy atom. The molecule has 0 aromatic carbocycles. The molecule has 1 unspecified atom stereocenters. The van der Waals surface area contributed by atoms with Crippen LogP contribution in [0.3, 0.4) is 0 Å². The molecule has 1 aliphatic heterocycles. The normalized spacial score (nSPS) is 21.4. The van der Waals surface area contributed by atoms with Gasteiger partial charge in [-0.2, -0.15) is 0 Å². The Morgan fingerprint density at radius 1 is 1.57 bits per heavy atom. The van der Waals surface area contributed by atoms with Crippen LogP contribution in [0.4, 0.5) is 5.95 Å². The van der Waals surface area contributed by atoms with E-state index in [2.05, 4.69) is 20.8 Å². The number of aromatic nitrogens is 3. The highest BCUT2D eigenvalue weighted by atomic mass is 15.3. The maximum atomic E-state index is 4.17. The summed E-state index contributed by atoms with van der Waals surface area (Å²) < 4.78 is 2.03. The van der Waals surface area contributed by atoms with E-state index in [0.717, 1.165) is 37.2 Å². The van der Waals surface area contributed by atoms with Crippen LogP contribution in [0, 0.1) is 5.92 Å². The van der Waals surface area contributed by atoms with Gasteiger partial charge >= 0.3 is 0 Å². The van der Waals surface area contributed by atoms with Crippen LogP contribution in [0.1, 0.15) is 12.2 Å². The number of nitrogens with zero attached hydrogens (tertiary/aromatic N) is 3. The number of rotatable bonds is 3. The van der Waals surface area contributed by atoms with Gasteiger partial charge in [0.1, 0.15) is 5.82 Å². The Balaban J connectivity index is 2.04. The highest BCUT2D eigenvalue weighted by Crippen LogP contribution is 2.14. The summed E-state index contributed by atoms with van der Waals surface area (Å²) in [6, 6.07) is 0. The molecule has 1 aromatic heterocycles. The van der Waals surface area contributed by atoms with Crippen molar-refractivity contribution in [2.45, 2.75) is 12.8 Å². The molecule has 0 bridgehead atoms. The molecule has 1 aromatic rings. The van der Waals surface area contributed by atoms with Gasteiger partial charge in [-0.15, -0.1) is 10.2 Å². The minimum absolute atomic E-state index is 0.725. The molecule has 1 atom stereocenters. The maximum absolute atomic E-state index is 4.17. The third-order valence-corrected chi connectivity index (χ3v) is 2.82. The van der Waals surface area contributed by atoms with E-state index in [1.807, 2.05) is 18.7 Å². The maximum Gasteiger partial charge on any atom is 0.224 e. The van der Waals surface area contributed by atoms with Crippen LogP contribution in [0.25, 0.3) is 0 Å². The first-order valence-corrected chi connectivity index (χ1v) is 5.08. The Labute approximate surface area is 83.9 Å². The second-order valence-electron chi connectivity index (χ2n) is 3.81. The molecule has 0 spiro atoms. The molecular weight excluding hydrogens is 178 g/mol. The lowest BCUT2D eigenvalue weighted by atomic mass is 10.1. The van der Waals surface area contributed by atoms with Crippen molar-refractivity contribution in [3.63, 3.8) is 0 Å². The Hall–Kier alpha value is -1.10. The van der Waals surface area contributed by atoms with Crippen LogP contribution >= 0.6 is 0 Å². The van der Waals surface area contributed by atoms with Gasteiger partial charge in [0.15, 0.2) is 0 Å². The average molecular weight is 195 g/mol. The summed E-state index contributed by atoms with van der Waals surface area (Å²) >= 11 is 0. The number of hydrogen-bond acceptors (Lipinski definition) is 4. The lowest BCUT2D eigenvalue weighted by molar-refractivity contribution is 0.549. The first-order chi connectivity index (χ1) is 6.81. The number of nitrogens with one attached hydrogen (secondary N) is 2. The molecule has 78 valence electrons. The molecule has 5 nitrogen and oxygen atoms in total. The Bertz CT molecular complexity index is 300. The molecule has 0 saturated carbocycles. The molecular formula is C9H17N5. The molecule has 14 heavy (non-hydrogen) atoms. The molecule has 0 amide bonds. The minimum atomic E-state index is 0.725. The van der Waals surface area contributed by atoms with Crippen molar-refractivity contribution < 1.29 is 0 Å². The van der Waals surface area contributed by atoms with Crippen molar-refractivity contribution in [3.8, 4) is 0 Å². The van der Waals surface area contributed by atoms with Gasteiger partial charge in [-0.25, -0.2) is 0 Å². The fourth-order valence-corrected chi connectivity index (χ4v) is 1.90. The molecule has 2 heterocycles. The van der Waals surface area contributed by atoms with Gasteiger partial charge < -0.3 is 15.2 Å². The fourth-order valence-electron chi connectivity index (χ4n) is 1.90. The Morgan fingerprint density at radius 3 is 3.00 bits per heavy atom. The van der Waals surface area contributed by atoms with Crippen molar-refractivity contribution in [2.24, 2.45) is 13.0 Å². The summed E-state index contributed by atoms with van der Waals surface area (Å²) in [5.74, 6) is 2.64. The van der Waals surface area contributed by atoms with Gasteiger partial charge in [-0.05, 0) is 25.4 Å². The lowest BCUT2D eigenvalue weighted by Crippen LogP contribution is -2.13. The van der Waals surface area contributed by atoms with Gasteiger partial charge in [-0.3, -0.25) is 0 Å². The SMILES string of the molecule is CNc1nnc(CC2CCNC2)n1C. The van der Waals surface area contributed by atoms with Crippen LogP contribution in [-0.2, 0) is 13.5 Å². The van der Waals surface area contributed by atoms with Crippen molar-refractivity contribution >= 4 is 5.95 Å². The van der Waals surface area contributed by atoms with Gasteiger partial charge in [-0.1, -0.05) is 0 Å². The standard InChI is InChI=1S/C9H17N5/c1-10-9-13-12-8(14(9)2)5-7-3-4-11-6-7/h7,11H,3-6H2,1-2H3,(H,10,13). The lowest BCUT2D eigenvalue weighted by Gasteiger charge is -2.07. The minimum Gasteiger partial charge on any atom is -0.357 e. The van der Waals surface area contributed by atoms with Crippen molar-refractivity contribution in [3.05, 3.63) is 5.82 Å². The highest BCUT2D eigenvalue weighted by Gasteiger charge is 2.18. The van der Waals surface area contributed by atoms with Gasteiger partial charge in [0.25, 0.3) is 0 Å². The highest BCUT2D eigenvalue weighted by molar-refractivity contribution is 5.23. The van der Waals surface area contributed by atoms with E-state index in [1.165, 1.54) is 6.42 Å². The van der Waals surface area contributed by atoms with Crippen molar-refractivity contribution in [1.29, 1.82) is 0 Å². The van der Waals surface area contributed by atoms with E-state index in [9.17, 15) is 0 Å². The van der Waals surface area contributed by atoms with E-state index in [-0.39, 0.29) is 0 Å². The van der Waals surface area contributed by atoms with Crippen molar-refractivity contribution in [1.82, 2.24) is 20.1 Å². The zero-order valence-corrected chi connectivity index (χ0v) is 8.75. The fraction of sp³-hybridized carbons (Fsp3) is 0.778. The molecule has 2 rings (SSSR count). The van der Waals surface area contributed by atoms with E-state index in [0.29, 0.717) is 0 Å². The van der Waals surface area contributed by atoms with Gasteiger partial charge in [0, 0.05) is 20.5 Å². The largest absolute Gasteiger partial charge is 0.357 e. The second-order valence-corrected chi connectivity index (χ2v) is 3.81. The molecule has 5 heteroatoms. The molecule has 2 N–H and O–H groups in total. The topological polar surface area (TPSA) is 54.8 Å². The van der Waals surface area contributed by atoms with Crippen LogP contribution in [-0.4, -0.2) is 34.9 Å². The molecule has 1 aliphatic rings. The van der Waals surface area contributed by atoms with Crippen LogP contribution in [0.5, 0.6) is 0 Å². The second kappa shape index (κ2) is 3.96. The predicted molar refractivity (Wildman–Crippen MR) is 55.2 cm³/mol. The molecule has 0 aliphatic carbocycles. The summed E-state index contributed by atoms with van der Waals surface area (Å²) in [4.78, 5) is 0. The predicted octanol–water partition coefficient (Wildman–Crippen LogP) is 0.00880. The average Bonchev–Trinajstić information content (AvgIpc) is 2.79. The van der Waals surface area contributed by atoms with Crippen LogP contribution < -0.4 is 10.6 Å². The summed E-state index contributed by atoms with van der Waals surface area (Å²) in [5.41, 5.74) is 0. The third kappa shape index (κ3) is 1.72. The van der Waals surface area contributed by atoms with E-state index < -0.39 is 0 Å². The molecule has 0 radical (unpaired) electrons. The third-order valence-electron chi connectivity index (χ3n) is 2.82. The number of anilines is 1. The first kappa shape index (κ1) is 9.45. The zero-order chi connectivity index (χ0) is 9.97. The van der Waals surface area contributed by atoms with E-state index in [1.54, 1.807) is 0 Å². The smallest absolute Gasteiger partial charge is 0.224 e. The van der Waals surface area contributed by atoms with Crippen LogP contribution in [0.2, 0.25) is 0 Å². The van der Waals surface area contributed by atoms with E-state index >= 15 is 0 Å². The number of hydrogen-bond donors (Lipinski definition) is 2.